The van der Waals surface area contributed by atoms with Crippen molar-refractivity contribution in [2.45, 2.75) is 90.4 Å². The fraction of sp³-hybridized carbons (Fsp3) is 1.00. The molecule has 4 atom stereocenters. The smallest absolute Gasteiger partial charge is 0.0586 e. The third-order valence-corrected chi connectivity index (χ3v) is 5.53. The molecule has 1 N–H and O–H groups in total. The average molecular weight is 296 g/mol. The first-order chi connectivity index (χ1) is 9.95. The fourth-order valence-electron chi connectivity index (χ4n) is 4.08. The maximum Gasteiger partial charge on any atom is 0.0586 e. The quantitative estimate of drug-likeness (QED) is 0.860. The normalized spacial score (nSPS) is 35.9. The Bertz CT molecular complexity index is 313. The topological polar surface area (TPSA) is 24.5 Å². The zero-order valence-corrected chi connectivity index (χ0v) is 14.8. The third kappa shape index (κ3) is 4.43. The molecule has 21 heavy (non-hydrogen) atoms. The van der Waals surface area contributed by atoms with Gasteiger partial charge in [0.15, 0.2) is 0 Å². The molecule has 4 unspecified atom stereocenters. The molecule has 2 aliphatic rings. The highest BCUT2D eigenvalue weighted by molar-refractivity contribution is 4.95. The molecule has 3 heteroatoms. The molecule has 0 aromatic heterocycles. The maximum atomic E-state index is 5.66. The fourth-order valence-corrected chi connectivity index (χ4v) is 4.08. The van der Waals surface area contributed by atoms with Crippen molar-refractivity contribution in [1.82, 2.24) is 10.2 Å². The molecule has 0 amide bonds. The van der Waals surface area contributed by atoms with Gasteiger partial charge in [-0.3, -0.25) is 4.90 Å². The molecule has 0 aromatic rings. The van der Waals surface area contributed by atoms with Gasteiger partial charge < -0.3 is 10.1 Å². The van der Waals surface area contributed by atoms with E-state index in [0.29, 0.717) is 23.6 Å². The summed E-state index contributed by atoms with van der Waals surface area (Å²) in [4.78, 5) is 2.83. The summed E-state index contributed by atoms with van der Waals surface area (Å²) in [6, 6.07) is 2.05. The second kappa shape index (κ2) is 7.43. The Balaban J connectivity index is 2.06. The van der Waals surface area contributed by atoms with E-state index in [4.69, 9.17) is 4.74 Å². The van der Waals surface area contributed by atoms with Crippen molar-refractivity contribution in [2.75, 3.05) is 20.2 Å². The van der Waals surface area contributed by atoms with Crippen LogP contribution in [0.3, 0.4) is 0 Å². The molecule has 1 saturated carbocycles. The molecule has 124 valence electrons. The molecule has 2 fully saturated rings. The summed E-state index contributed by atoms with van der Waals surface area (Å²) in [6.07, 6.45) is 8.24. The van der Waals surface area contributed by atoms with Crippen molar-refractivity contribution in [3.63, 3.8) is 0 Å². The molecular weight excluding hydrogens is 260 g/mol. The van der Waals surface area contributed by atoms with Crippen LogP contribution in [0.15, 0.2) is 0 Å². The van der Waals surface area contributed by atoms with E-state index >= 15 is 0 Å². The summed E-state index contributed by atoms with van der Waals surface area (Å²) >= 11 is 0. The minimum Gasteiger partial charge on any atom is -0.381 e. The van der Waals surface area contributed by atoms with E-state index in [1.54, 1.807) is 0 Å². The van der Waals surface area contributed by atoms with Crippen LogP contribution in [0.4, 0.5) is 0 Å². The van der Waals surface area contributed by atoms with Crippen molar-refractivity contribution in [2.24, 2.45) is 5.41 Å². The van der Waals surface area contributed by atoms with E-state index in [2.05, 4.69) is 37.9 Å². The summed E-state index contributed by atoms with van der Waals surface area (Å²) in [6.45, 7) is 11.8. The molecule has 1 saturated heterocycles. The predicted octanol–water partition coefficient (Wildman–Crippen LogP) is 3.43. The lowest BCUT2D eigenvalue weighted by Gasteiger charge is -2.49. The average Bonchev–Trinajstić information content (AvgIpc) is 2.47. The molecule has 1 heterocycles. The van der Waals surface area contributed by atoms with Gasteiger partial charge >= 0.3 is 0 Å². The summed E-state index contributed by atoms with van der Waals surface area (Å²) in [5.41, 5.74) is 0.338. The standard InChI is InChI=1S/C18H36N2O/c1-6-8-15-12-19-17(18(2,3)4)13-20(15)14-9-7-10-16(11-14)21-5/h14-17,19H,6-13H2,1-5H3. The van der Waals surface area contributed by atoms with Crippen LogP contribution in [0.25, 0.3) is 0 Å². The Morgan fingerprint density at radius 3 is 2.62 bits per heavy atom. The van der Waals surface area contributed by atoms with Gasteiger partial charge in [-0.1, -0.05) is 34.1 Å². The third-order valence-electron chi connectivity index (χ3n) is 5.53. The first kappa shape index (κ1) is 17.2. The summed E-state index contributed by atoms with van der Waals surface area (Å²) in [5, 5.41) is 3.82. The Morgan fingerprint density at radius 2 is 2.00 bits per heavy atom. The molecule has 3 nitrogen and oxygen atoms in total. The monoisotopic (exact) mass is 296 g/mol. The Labute approximate surface area is 131 Å². The predicted molar refractivity (Wildman–Crippen MR) is 89.7 cm³/mol. The highest BCUT2D eigenvalue weighted by Gasteiger charge is 2.38. The summed E-state index contributed by atoms with van der Waals surface area (Å²) in [7, 11) is 1.88. The van der Waals surface area contributed by atoms with Gasteiger partial charge in [0.05, 0.1) is 6.10 Å². The molecule has 0 aromatic carbocycles. The highest BCUT2D eigenvalue weighted by atomic mass is 16.5. The van der Waals surface area contributed by atoms with E-state index in [9.17, 15) is 0 Å². The van der Waals surface area contributed by atoms with Gasteiger partial charge in [-0.25, -0.2) is 0 Å². The van der Waals surface area contributed by atoms with Gasteiger partial charge in [0.1, 0.15) is 0 Å². The van der Waals surface area contributed by atoms with Crippen LogP contribution < -0.4 is 5.32 Å². The van der Waals surface area contributed by atoms with Crippen molar-refractivity contribution >= 4 is 0 Å². The number of hydrogen-bond donors (Lipinski definition) is 1. The van der Waals surface area contributed by atoms with E-state index in [0.717, 1.165) is 12.6 Å². The van der Waals surface area contributed by atoms with Gasteiger partial charge in [0.2, 0.25) is 0 Å². The van der Waals surface area contributed by atoms with Gasteiger partial charge in [-0.2, -0.15) is 0 Å². The number of methoxy groups -OCH3 is 1. The van der Waals surface area contributed by atoms with E-state index < -0.39 is 0 Å². The van der Waals surface area contributed by atoms with Crippen LogP contribution >= 0.6 is 0 Å². The Morgan fingerprint density at radius 1 is 1.24 bits per heavy atom. The van der Waals surface area contributed by atoms with Gasteiger partial charge in [0.25, 0.3) is 0 Å². The summed E-state index contributed by atoms with van der Waals surface area (Å²) in [5.74, 6) is 0. The lowest BCUT2D eigenvalue weighted by molar-refractivity contribution is -0.0120. The number of rotatable bonds is 4. The number of ether oxygens (including phenoxy) is 1. The van der Waals surface area contributed by atoms with E-state index in [1.807, 2.05) is 7.11 Å². The number of nitrogens with zero attached hydrogens (tertiary/aromatic N) is 1. The minimum absolute atomic E-state index is 0.338. The minimum atomic E-state index is 0.338. The lowest BCUT2D eigenvalue weighted by atomic mass is 9.82. The van der Waals surface area contributed by atoms with Crippen molar-refractivity contribution in [3.05, 3.63) is 0 Å². The molecule has 1 aliphatic heterocycles. The number of nitrogens with one attached hydrogen (secondary N) is 1. The number of hydrogen-bond acceptors (Lipinski definition) is 3. The van der Waals surface area contributed by atoms with Gasteiger partial charge in [0, 0.05) is 38.3 Å². The van der Waals surface area contributed by atoms with Gasteiger partial charge in [-0.05, 0) is 37.5 Å². The van der Waals surface area contributed by atoms with Crippen LogP contribution in [-0.4, -0.2) is 49.3 Å². The zero-order valence-electron chi connectivity index (χ0n) is 14.8. The van der Waals surface area contributed by atoms with Crippen molar-refractivity contribution < 1.29 is 4.74 Å². The van der Waals surface area contributed by atoms with Crippen molar-refractivity contribution in [1.29, 1.82) is 0 Å². The van der Waals surface area contributed by atoms with Crippen LogP contribution in [0.1, 0.15) is 66.2 Å². The second-order valence-electron chi connectivity index (χ2n) is 8.14. The molecule has 2 rings (SSSR count). The Hall–Kier alpha value is -0.120. The van der Waals surface area contributed by atoms with Crippen molar-refractivity contribution in [3.8, 4) is 0 Å². The number of piperazine rings is 1. The maximum absolute atomic E-state index is 5.66. The largest absolute Gasteiger partial charge is 0.381 e. The SMILES string of the molecule is CCCC1CNC(C(C)(C)C)CN1C1CCCC(OC)C1. The molecular formula is C18H36N2O. The molecule has 0 spiro atoms. The molecule has 1 aliphatic carbocycles. The Kier molecular flexibility index (Phi) is 6.10. The van der Waals surface area contributed by atoms with Crippen LogP contribution in [0.2, 0.25) is 0 Å². The van der Waals surface area contributed by atoms with E-state index in [-0.39, 0.29) is 0 Å². The summed E-state index contributed by atoms with van der Waals surface area (Å²) < 4.78 is 5.66. The van der Waals surface area contributed by atoms with Crippen LogP contribution in [0, 0.1) is 5.41 Å². The molecule has 0 radical (unpaired) electrons. The molecule has 0 bridgehead atoms. The van der Waals surface area contributed by atoms with Crippen LogP contribution in [0.5, 0.6) is 0 Å². The van der Waals surface area contributed by atoms with Gasteiger partial charge in [-0.15, -0.1) is 0 Å². The first-order valence-corrected chi connectivity index (χ1v) is 8.97. The zero-order chi connectivity index (χ0) is 15.5. The lowest BCUT2D eigenvalue weighted by Crippen LogP contribution is -2.63. The first-order valence-electron chi connectivity index (χ1n) is 8.97. The second-order valence-corrected chi connectivity index (χ2v) is 8.14. The highest BCUT2D eigenvalue weighted by Crippen LogP contribution is 2.31. The van der Waals surface area contributed by atoms with Crippen LogP contribution in [-0.2, 0) is 4.74 Å². The van der Waals surface area contributed by atoms with E-state index in [1.165, 1.54) is 45.1 Å².